The lowest BCUT2D eigenvalue weighted by molar-refractivity contribution is -0.142. The molecule has 0 spiro atoms. The van der Waals surface area contributed by atoms with Gasteiger partial charge in [-0.1, -0.05) is 12.5 Å². The Hall–Kier alpha value is -2.37. The van der Waals surface area contributed by atoms with Gasteiger partial charge in [0, 0.05) is 18.4 Å². The Bertz CT molecular complexity index is 722. The molecule has 2 aromatic rings. The number of hydrogen-bond donors (Lipinski definition) is 2. The normalized spacial score (nSPS) is 21.1. The minimum atomic E-state index is -0.764. The van der Waals surface area contributed by atoms with Crippen molar-refractivity contribution in [2.24, 2.45) is 11.8 Å². The zero-order valence-electron chi connectivity index (χ0n) is 12.5. The Kier molecular flexibility index (Phi) is 3.83. The molecule has 0 aromatic carbocycles. The standard InChI is InChI=1S/C16H19N3O3/c1-10-4-2-7-14-18-13(9-19(10)14)15(20)17-8-11-5-3-6-12(11)16(21)22/h2,4,7,9,11-12H,3,5-6,8H2,1H3,(H,17,20)(H,21,22). The third-order valence-corrected chi connectivity index (χ3v) is 4.43. The number of nitrogens with one attached hydrogen (secondary N) is 1. The van der Waals surface area contributed by atoms with E-state index in [4.69, 9.17) is 5.11 Å². The number of rotatable bonds is 4. The van der Waals surface area contributed by atoms with E-state index in [0.717, 1.165) is 24.2 Å². The van der Waals surface area contributed by atoms with Crippen LogP contribution in [0.15, 0.2) is 24.4 Å². The predicted octanol–water partition coefficient (Wildman–Crippen LogP) is 1.87. The van der Waals surface area contributed by atoms with Crippen molar-refractivity contribution in [2.75, 3.05) is 6.54 Å². The number of aliphatic carboxylic acids is 1. The monoisotopic (exact) mass is 301 g/mol. The van der Waals surface area contributed by atoms with E-state index in [-0.39, 0.29) is 17.7 Å². The van der Waals surface area contributed by atoms with Crippen LogP contribution in [0.5, 0.6) is 0 Å². The van der Waals surface area contributed by atoms with E-state index in [1.165, 1.54) is 0 Å². The van der Waals surface area contributed by atoms with Crippen molar-refractivity contribution in [2.45, 2.75) is 26.2 Å². The highest BCUT2D eigenvalue weighted by Crippen LogP contribution is 2.31. The molecule has 2 N–H and O–H groups in total. The Balaban J connectivity index is 1.68. The highest BCUT2D eigenvalue weighted by molar-refractivity contribution is 5.92. The number of pyridine rings is 1. The average molecular weight is 301 g/mol. The number of carboxylic acid groups (broad SMARTS) is 1. The van der Waals surface area contributed by atoms with Crippen LogP contribution in [0.2, 0.25) is 0 Å². The second-order valence-corrected chi connectivity index (χ2v) is 5.87. The molecule has 2 aromatic heterocycles. The van der Waals surface area contributed by atoms with Gasteiger partial charge in [0.25, 0.3) is 5.91 Å². The minimum absolute atomic E-state index is 0.0141. The molecule has 116 valence electrons. The van der Waals surface area contributed by atoms with Crippen LogP contribution in [-0.2, 0) is 4.79 Å². The molecule has 1 amide bonds. The molecule has 3 rings (SSSR count). The SMILES string of the molecule is Cc1cccc2nc(C(=O)NCC3CCCC3C(=O)O)cn12. The first-order valence-electron chi connectivity index (χ1n) is 7.52. The number of carbonyl (C=O) groups excluding carboxylic acids is 1. The van der Waals surface area contributed by atoms with Crippen molar-refractivity contribution in [1.29, 1.82) is 0 Å². The number of carbonyl (C=O) groups is 2. The van der Waals surface area contributed by atoms with Crippen molar-refractivity contribution in [3.05, 3.63) is 35.8 Å². The van der Waals surface area contributed by atoms with Crippen LogP contribution in [0, 0.1) is 18.8 Å². The summed E-state index contributed by atoms with van der Waals surface area (Å²) in [6.07, 6.45) is 4.17. The molecule has 2 atom stereocenters. The summed E-state index contributed by atoms with van der Waals surface area (Å²) in [5.74, 6) is -1.34. The highest BCUT2D eigenvalue weighted by Gasteiger charge is 2.33. The summed E-state index contributed by atoms with van der Waals surface area (Å²) in [7, 11) is 0. The maximum Gasteiger partial charge on any atom is 0.306 e. The van der Waals surface area contributed by atoms with Gasteiger partial charge < -0.3 is 14.8 Å². The van der Waals surface area contributed by atoms with Gasteiger partial charge in [0.2, 0.25) is 0 Å². The lowest BCUT2D eigenvalue weighted by Gasteiger charge is -2.15. The molecule has 0 bridgehead atoms. The van der Waals surface area contributed by atoms with Gasteiger partial charge in [-0.15, -0.1) is 0 Å². The lowest BCUT2D eigenvalue weighted by atomic mass is 9.96. The second-order valence-electron chi connectivity index (χ2n) is 5.87. The Labute approximate surface area is 128 Å². The first-order chi connectivity index (χ1) is 10.6. The van der Waals surface area contributed by atoms with E-state index in [9.17, 15) is 9.59 Å². The summed E-state index contributed by atoms with van der Waals surface area (Å²) in [6.45, 7) is 2.34. The summed E-state index contributed by atoms with van der Waals surface area (Å²) < 4.78 is 1.87. The van der Waals surface area contributed by atoms with Crippen molar-refractivity contribution >= 4 is 17.5 Å². The van der Waals surface area contributed by atoms with E-state index in [1.54, 1.807) is 6.20 Å². The zero-order chi connectivity index (χ0) is 15.7. The van der Waals surface area contributed by atoms with Gasteiger partial charge in [0.15, 0.2) is 0 Å². The molecule has 0 radical (unpaired) electrons. The van der Waals surface area contributed by atoms with Gasteiger partial charge in [0.05, 0.1) is 5.92 Å². The maximum absolute atomic E-state index is 12.2. The third-order valence-electron chi connectivity index (χ3n) is 4.43. The van der Waals surface area contributed by atoms with E-state index >= 15 is 0 Å². The van der Waals surface area contributed by atoms with Crippen LogP contribution in [-0.4, -0.2) is 32.9 Å². The van der Waals surface area contributed by atoms with Crippen LogP contribution in [0.1, 0.15) is 35.4 Å². The molecule has 22 heavy (non-hydrogen) atoms. The average Bonchev–Trinajstić information content (AvgIpc) is 3.12. The van der Waals surface area contributed by atoms with E-state index < -0.39 is 5.97 Å². The molecule has 2 heterocycles. The number of fused-ring (bicyclic) bond motifs is 1. The number of aromatic nitrogens is 2. The van der Waals surface area contributed by atoms with Crippen molar-refractivity contribution < 1.29 is 14.7 Å². The lowest BCUT2D eigenvalue weighted by Crippen LogP contribution is -2.33. The molecule has 1 aliphatic carbocycles. The molecule has 6 nitrogen and oxygen atoms in total. The maximum atomic E-state index is 12.2. The molecular formula is C16H19N3O3. The first-order valence-corrected chi connectivity index (χ1v) is 7.52. The number of hydrogen-bond acceptors (Lipinski definition) is 3. The molecule has 6 heteroatoms. The summed E-state index contributed by atoms with van der Waals surface area (Å²) in [5, 5.41) is 12.0. The number of imidazole rings is 1. The molecule has 1 fully saturated rings. The van der Waals surface area contributed by atoms with Gasteiger partial charge >= 0.3 is 5.97 Å². The van der Waals surface area contributed by atoms with Crippen LogP contribution < -0.4 is 5.32 Å². The summed E-state index contributed by atoms with van der Waals surface area (Å²) in [5.41, 5.74) is 2.10. The number of amides is 1. The fraction of sp³-hybridized carbons (Fsp3) is 0.438. The Morgan fingerprint density at radius 2 is 2.23 bits per heavy atom. The summed E-state index contributed by atoms with van der Waals surface area (Å²) in [4.78, 5) is 27.7. The van der Waals surface area contributed by atoms with Crippen molar-refractivity contribution in [1.82, 2.24) is 14.7 Å². The predicted molar refractivity (Wildman–Crippen MR) is 80.7 cm³/mol. The highest BCUT2D eigenvalue weighted by atomic mass is 16.4. The molecular weight excluding hydrogens is 282 g/mol. The first kappa shape index (κ1) is 14.6. The van der Waals surface area contributed by atoms with Gasteiger partial charge in [-0.25, -0.2) is 4.98 Å². The van der Waals surface area contributed by atoms with Crippen molar-refractivity contribution in [3.63, 3.8) is 0 Å². The largest absolute Gasteiger partial charge is 0.481 e. The third kappa shape index (κ3) is 2.68. The van der Waals surface area contributed by atoms with Gasteiger partial charge in [-0.05, 0) is 37.8 Å². The van der Waals surface area contributed by atoms with Crippen LogP contribution in [0.25, 0.3) is 5.65 Å². The van der Waals surface area contributed by atoms with Gasteiger partial charge in [0.1, 0.15) is 11.3 Å². The van der Waals surface area contributed by atoms with Crippen LogP contribution >= 0.6 is 0 Å². The Morgan fingerprint density at radius 3 is 2.95 bits per heavy atom. The van der Waals surface area contributed by atoms with Crippen molar-refractivity contribution in [3.8, 4) is 0 Å². The van der Waals surface area contributed by atoms with Crippen LogP contribution in [0.3, 0.4) is 0 Å². The van der Waals surface area contributed by atoms with Gasteiger partial charge in [-0.2, -0.15) is 0 Å². The number of nitrogens with zero attached hydrogens (tertiary/aromatic N) is 2. The van der Waals surface area contributed by atoms with E-state index in [0.29, 0.717) is 18.7 Å². The molecule has 1 aliphatic rings. The number of carboxylic acids is 1. The summed E-state index contributed by atoms with van der Waals surface area (Å²) in [6, 6.07) is 5.70. The second kappa shape index (κ2) is 5.79. The number of aryl methyl sites for hydroxylation is 1. The minimum Gasteiger partial charge on any atom is -0.481 e. The molecule has 1 saturated carbocycles. The molecule has 0 aliphatic heterocycles. The summed E-state index contributed by atoms with van der Waals surface area (Å²) >= 11 is 0. The quantitative estimate of drug-likeness (QED) is 0.903. The smallest absolute Gasteiger partial charge is 0.306 e. The fourth-order valence-electron chi connectivity index (χ4n) is 3.18. The van der Waals surface area contributed by atoms with E-state index in [1.807, 2.05) is 29.5 Å². The Morgan fingerprint density at radius 1 is 1.41 bits per heavy atom. The zero-order valence-corrected chi connectivity index (χ0v) is 12.5. The fourth-order valence-corrected chi connectivity index (χ4v) is 3.18. The van der Waals surface area contributed by atoms with E-state index in [2.05, 4.69) is 10.3 Å². The van der Waals surface area contributed by atoms with Crippen LogP contribution in [0.4, 0.5) is 0 Å². The molecule has 2 unspecified atom stereocenters. The topological polar surface area (TPSA) is 83.7 Å². The van der Waals surface area contributed by atoms with Gasteiger partial charge in [-0.3, -0.25) is 9.59 Å². The molecule has 0 saturated heterocycles.